The molecular formula is C23H20Cl2N2O3S. The Labute approximate surface area is 195 Å². The Bertz CT molecular complexity index is 1090. The lowest BCUT2D eigenvalue weighted by molar-refractivity contribution is -0.139. The Morgan fingerprint density at radius 2 is 1.87 bits per heavy atom. The Morgan fingerprint density at radius 1 is 1.16 bits per heavy atom. The lowest BCUT2D eigenvalue weighted by atomic mass is 9.96. The summed E-state index contributed by atoms with van der Waals surface area (Å²) in [6.45, 7) is 1.77. The summed E-state index contributed by atoms with van der Waals surface area (Å²) in [5.41, 5.74) is 2.97. The summed E-state index contributed by atoms with van der Waals surface area (Å²) in [5, 5.41) is 6.36. The highest BCUT2D eigenvalue weighted by Crippen LogP contribution is 2.32. The summed E-state index contributed by atoms with van der Waals surface area (Å²) in [6, 6.07) is 14.1. The van der Waals surface area contributed by atoms with Crippen LogP contribution < -0.4 is 5.01 Å². The molecule has 1 aliphatic heterocycles. The molecule has 2 aromatic carbocycles. The fourth-order valence-electron chi connectivity index (χ4n) is 3.11. The first-order valence-corrected chi connectivity index (χ1v) is 11.3. The first-order valence-electron chi connectivity index (χ1n) is 9.30. The van der Waals surface area contributed by atoms with Crippen molar-refractivity contribution in [3.05, 3.63) is 81.9 Å². The third-order valence-corrected chi connectivity index (χ3v) is 5.97. The van der Waals surface area contributed by atoms with Crippen LogP contribution >= 0.6 is 35.0 Å². The fraction of sp³-hybridized carbons (Fsp3) is 0.174. The van der Waals surface area contributed by atoms with Crippen molar-refractivity contribution in [3.63, 3.8) is 0 Å². The predicted molar refractivity (Wildman–Crippen MR) is 129 cm³/mol. The van der Waals surface area contributed by atoms with Crippen LogP contribution in [-0.4, -0.2) is 36.2 Å². The second-order valence-electron chi connectivity index (χ2n) is 6.62. The van der Waals surface area contributed by atoms with Crippen LogP contribution in [0.25, 0.3) is 5.57 Å². The molecule has 0 saturated carbocycles. The first-order chi connectivity index (χ1) is 14.8. The molecule has 1 aliphatic rings. The van der Waals surface area contributed by atoms with Gasteiger partial charge in [0.05, 0.1) is 24.1 Å². The second-order valence-corrected chi connectivity index (χ2v) is 8.47. The summed E-state index contributed by atoms with van der Waals surface area (Å²) in [4.78, 5) is 25.4. The van der Waals surface area contributed by atoms with Crippen LogP contribution in [0.15, 0.2) is 71.4 Å². The number of hydrazone groups is 1. The number of esters is 1. The fourth-order valence-corrected chi connectivity index (χ4v) is 3.94. The third kappa shape index (κ3) is 5.21. The summed E-state index contributed by atoms with van der Waals surface area (Å²) in [6.07, 6.45) is 5.29. The Hall–Kier alpha value is -2.54. The van der Waals surface area contributed by atoms with Gasteiger partial charge in [0.15, 0.2) is 0 Å². The van der Waals surface area contributed by atoms with Gasteiger partial charge in [0.25, 0.3) is 5.91 Å². The van der Waals surface area contributed by atoms with Crippen LogP contribution in [-0.2, 0) is 14.3 Å². The molecule has 8 heteroatoms. The van der Waals surface area contributed by atoms with Crippen molar-refractivity contribution < 1.29 is 14.3 Å². The molecule has 0 saturated heterocycles. The van der Waals surface area contributed by atoms with E-state index in [9.17, 15) is 9.59 Å². The number of anilines is 1. The number of ether oxygens (including phenoxy) is 1. The number of allylic oxidation sites excluding steroid dienone is 2. The van der Waals surface area contributed by atoms with Gasteiger partial charge in [0.2, 0.25) is 0 Å². The van der Waals surface area contributed by atoms with Gasteiger partial charge in [-0.3, -0.25) is 9.59 Å². The molecule has 0 aliphatic carbocycles. The number of amides is 1. The van der Waals surface area contributed by atoms with Gasteiger partial charge < -0.3 is 4.74 Å². The standard InChI is InChI=1S/C23H20Cl2N2O3S/c1-14-21(22(28)27(26-14)18-6-4-5-17(25)13-18)19(15-7-9-16(24)10-8-15)11-12-20(31-3)23(29)30-2/h4-13,20H,1-3H3/b12-11+,21-19+. The zero-order valence-corrected chi connectivity index (χ0v) is 19.5. The molecule has 0 aromatic heterocycles. The first kappa shape index (κ1) is 23.1. The number of hydrogen-bond acceptors (Lipinski definition) is 5. The second kappa shape index (κ2) is 10.2. The van der Waals surface area contributed by atoms with E-state index in [2.05, 4.69) is 5.10 Å². The summed E-state index contributed by atoms with van der Waals surface area (Å²) in [5.74, 6) is -0.652. The SMILES string of the molecule is COC(=O)C(/C=C/C(=C1\C(=O)N(c2cccc(Cl)c2)N=C1C)c1ccc(Cl)cc1)SC. The van der Waals surface area contributed by atoms with Gasteiger partial charge in [0, 0.05) is 10.0 Å². The molecule has 1 unspecified atom stereocenters. The topological polar surface area (TPSA) is 59.0 Å². The predicted octanol–water partition coefficient (Wildman–Crippen LogP) is 5.63. The number of thioether (sulfide) groups is 1. The lowest BCUT2D eigenvalue weighted by Gasteiger charge is -2.13. The number of carbonyl (C=O) groups excluding carboxylic acids is 2. The third-order valence-electron chi connectivity index (χ3n) is 4.62. The Morgan fingerprint density at radius 3 is 2.48 bits per heavy atom. The zero-order valence-electron chi connectivity index (χ0n) is 17.1. The molecule has 2 aromatic rings. The highest BCUT2D eigenvalue weighted by molar-refractivity contribution is 8.00. The Kier molecular flexibility index (Phi) is 7.59. The maximum atomic E-state index is 13.4. The van der Waals surface area contributed by atoms with Crippen LogP contribution in [0.2, 0.25) is 10.0 Å². The van der Waals surface area contributed by atoms with Crippen molar-refractivity contribution in [1.29, 1.82) is 0 Å². The number of nitrogens with zero attached hydrogens (tertiary/aromatic N) is 2. The minimum atomic E-state index is -0.509. The van der Waals surface area contributed by atoms with E-state index < -0.39 is 5.25 Å². The summed E-state index contributed by atoms with van der Waals surface area (Å²) >= 11 is 13.5. The lowest BCUT2D eigenvalue weighted by Crippen LogP contribution is -2.22. The number of rotatable bonds is 6. The van der Waals surface area contributed by atoms with E-state index in [1.807, 2.05) is 18.4 Å². The number of benzene rings is 2. The maximum Gasteiger partial charge on any atom is 0.322 e. The number of methoxy groups -OCH3 is 1. The molecule has 0 radical (unpaired) electrons. The minimum absolute atomic E-state index is 0.284. The minimum Gasteiger partial charge on any atom is -0.468 e. The largest absolute Gasteiger partial charge is 0.468 e. The van der Waals surface area contributed by atoms with Crippen molar-refractivity contribution >= 4 is 63.8 Å². The van der Waals surface area contributed by atoms with Crippen molar-refractivity contribution in [2.75, 3.05) is 18.4 Å². The molecule has 1 heterocycles. The molecule has 1 amide bonds. The van der Waals surface area contributed by atoms with Gasteiger partial charge in [-0.2, -0.15) is 10.1 Å². The molecule has 5 nitrogen and oxygen atoms in total. The van der Waals surface area contributed by atoms with Gasteiger partial charge in [-0.25, -0.2) is 0 Å². The van der Waals surface area contributed by atoms with Crippen molar-refractivity contribution in [3.8, 4) is 0 Å². The van der Waals surface area contributed by atoms with Crippen LogP contribution in [0.4, 0.5) is 5.69 Å². The molecule has 0 spiro atoms. The van der Waals surface area contributed by atoms with E-state index >= 15 is 0 Å². The average Bonchev–Trinajstić information content (AvgIpc) is 3.06. The monoisotopic (exact) mass is 474 g/mol. The smallest absolute Gasteiger partial charge is 0.322 e. The van der Waals surface area contributed by atoms with E-state index in [-0.39, 0.29) is 11.9 Å². The molecule has 160 valence electrons. The number of hydrogen-bond donors (Lipinski definition) is 0. The molecule has 0 bridgehead atoms. The van der Waals surface area contributed by atoms with E-state index in [0.717, 1.165) is 5.56 Å². The number of carbonyl (C=O) groups is 2. The molecule has 0 fully saturated rings. The van der Waals surface area contributed by atoms with Gasteiger partial charge in [0.1, 0.15) is 5.25 Å². The molecular weight excluding hydrogens is 455 g/mol. The van der Waals surface area contributed by atoms with E-state index in [4.69, 9.17) is 27.9 Å². The van der Waals surface area contributed by atoms with Gasteiger partial charge >= 0.3 is 5.97 Å². The van der Waals surface area contributed by atoms with Gasteiger partial charge in [-0.1, -0.05) is 53.6 Å². The summed E-state index contributed by atoms with van der Waals surface area (Å²) < 4.78 is 4.85. The molecule has 0 N–H and O–H groups in total. The van der Waals surface area contributed by atoms with Crippen molar-refractivity contribution in [1.82, 2.24) is 0 Å². The highest BCUT2D eigenvalue weighted by Gasteiger charge is 2.31. The molecule has 31 heavy (non-hydrogen) atoms. The van der Waals surface area contributed by atoms with Crippen LogP contribution in [0.3, 0.4) is 0 Å². The van der Waals surface area contributed by atoms with Crippen molar-refractivity contribution in [2.45, 2.75) is 12.2 Å². The maximum absolute atomic E-state index is 13.4. The van der Waals surface area contributed by atoms with E-state index in [1.54, 1.807) is 55.5 Å². The molecule has 3 rings (SSSR count). The molecule has 1 atom stereocenters. The van der Waals surface area contributed by atoms with E-state index in [0.29, 0.717) is 32.6 Å². The normalized spacial score (nSPS) is 16.5. The quantitative estimate of drug-likeness (QED) is 0.401. The number of halogens is 2. The summed E-state index contributed by atoms with van der Waals surface area (Å²) in [7, 11) is 1.35. The van der Waals surface area contributed by atoms with Crippen LogP contribution in [0, 0.1) is 0 Å². The van der Waals surface area contributed by atoms with Crippen LogP contribution in [0.1, 0.15) is 12.5 Å². The van der Waals surface area contributed by atoms with Gasteiger partial charge in [-0.05, 0) is 54.6 Å². The van der Waals surface area contributed by atoms with Gasteiger partial charge in [-0.15, -0.1) is 11.8 Å². The highest BCUT2D eigenvalue weighted by atomic mass is 35.5. The van der Waals surface area contributed by atoms with Crippen molar-refractivity contribution in [2.24, 2.45) is 5.10 Å². The van der Waals surface area contributed by atoms with Crippen LogP contribution in [0.5, 0.6) is 0 Å². The average molecular weight is 475 g/mol. The zero-order chi connectivity index (χ0) is 22.5. The Balaban J connectivity index is 2.11. The van der Waals surface area contributed by atoms with E-state index in [1.165, 1.54) is 23.9 Å².